The molecule has 116 valence electrons. The van der Waals surface area contributed by atoms with Crippen molar-refractivity contribution < 1.29 is 14.1 Å². The smallest absolute Gasteiger partial charge is 0.329 e. The minimum atomic E-state index is -0.391. The van der Waals surface area contributed by atoms with Crippen LogP contribution in [0.5, 0.6) is 0 Å². The van der Waals surface area contributed by atoms with Crippen molar-refractivity contribution >= 4 is 40.4 Å². The summed E-state index contributed by atoms with van der Waals surface area (Å²) in [6.45, 7) is 1.49. The van der Waals surface area contributed by atoms with Gasteiger partial charge in [-0.15, -0.1) is 0 Å². The zero-order valence-electron chi connectivity index (χ0n) is 12.2. The monoisotopic (exact) mass is 327 g/mol. The van der Waals surface area contributed by atoms with Crippen molar-refractivity contribution in [3.63, 3.8) is 0 Å². The SMILES string of the molecule is CC(=O)c1ccc(NC(=O)NSc2noc3ccccc23)cc1. The molecule has 0 aliphatic heterocycles. The van der Waals surface area contributed by atoms with Gasteiger partial charge in [0.15, 0.2) is 16.4 Å². The Morgan fingerprint density at radius 2 is 1.83 bits per heavy atom. The van der Waals surface area contributed by atoms with Gasteiger partial charge >= 0.3 is 6.03 Å². The fraction of sp³-hybridized carbons (Fsp3) is 0.0625. The molecule has 1 aromatic heterocycles. The first-order valence-corrected chi connectivity index (χ1v) is 7.64. The average molecular weight is 327 g/mol. The molecular formula is C16H13N3O3S. The number of aromatic nitrogens is 1. The van der Waals surface area contributed by atoms with Gasteiger partial charge in [0.2, 0.25) is 0 Å². The molecule has 23 heavy (non-hydrogen) atoms. The summed E-state index contributed by atoms with van der Waals surface area (Å²) in [5, 5.41) is 8.01. The lowest BCUT2D eigenvalue weighted by Crippen LogP contribution is -2.22. The Morgan fingerprint density at radius 3 is 2.57 bits per heavy atom. The van der Waals surface area contributed by atoms with E-state index in [9.17, 15) is 9.59 Å². The van der Waals surface area contributed by atoms with Gasteiger partial charge in [0.1, 0.15) is 0 Å². The summed E-state index contributed by atoms with van der Waals surface area (Å²) in [6, 6.07) is 13.7. The first kappa shape index (κ1) is 15.1. The fourth-order valence-corrected chi connectivity index (χ4v) is 2.57. The van der Waals surface area contributed by atoms with Gasteiger partial charge in [-0.2, -0.15) is 0 Å². The third-order valence-electron chi connectivity index (χ3n) is 3.13. The molecule has 0 radical (unpaired) electrons. The molecule has 0 fully saturated rings. The number of nitrogens with zero attached hydrogens (tertiary/aromatic N) is 1. The van der Waals surface area contributed by atoms with Crippen LogP contribution in [-0.2, 0) is 0 Å². The predicted molar refractivity (Wildman–Crippen MR) is 88.5 cm³/mol. The summed E-state index contributed by atoms with van der Waals surface area (Å²) in [5.74, 6) is -0.0190. The Bertz CT molecular complexity index is 858. The van der Waals surface area contributed by atoms with Gasteiger partial charge in [0.05, 0.1) is 5.39 Å². The second kappa shape index (κ2) is 6.53. The van der Waals surface area contributed by atoms with Crippen molar-refractivity contribution in [1.82, 2.24) is 9.88 Å². The van der Waals surface area contributed by atoms with E-state index in [1.807, 2.05) is 24.3 Å². The van der Waals surface area contributed by atoms with Crippen LogP contribution in [0.4, 0.5) is 10.5 Å². The van der Waals surface area contributed by atoms with Crippen LogP contribution in [0, 0.1) is 0 Å². The van der Waals surface area contributed by atoms with E-state index in [1.54, 1.807) is 24.3 Å². The van der Waals surface area contributed by atoms with Gasteiger partial charge in [-0.3, -0.25) is 9.52 Å². The Kier molecular flexibility index (Phi) is 4.29. The van der Waals surface area contributed by atoms with Crippen molar-refractivity contribution in [3.05, 3.63) is 54.1 Å². The fourth-order valence-electron chi connectivity index (χ4n) is 1.98. The minimum Gasteiger partial charge on any atom is -0.355 e. The quantitative estimate of drug-likeness (QED) is 0.561. The molecule has 0 saturated carbocycles. The van der Waals surface area contributed by atoms with Crippen molar-refractivity contribution in [1.29, 1.82) is 0 Å². The van der Waals surface area contributed by atoms with Crippen LogP contribution in [-0.4, -0.2) is 17.0 Å². The number of carbonyl (C=O) groups excluding carboxylic acids is 2. The Balaban J connectivity index is 1.60. The molecule has 0 aliphatic carbocycles. The molecule has 3 rings (SSSR count). The molecule has 2 aromatic carbocycles. The maximum absolute atomic E-state index is 11.9. The van der Waals surface area contributed by atoms with E-state index in [0.717, 1.165) is 17.3 Å². The molecule has 0 atom stereocenters. The topological polar surface area (TPSA) is 84.2 Å². The summed E-state index contributed by atoms with van der Waals surface area (Å²) in [7, 11) is 0. The van der Waals surface area contributed by atoms with Crippen LogP contribution in [0.3, 0.4) is 0 Å². The molecule has 0 unspecified atom stereocenters. The largest absolute Gasteiger partial charge is 0.355 e. The van der Waals surface area contributed by atoms with E-state index >= 15 is 0 Å². The first-order chi connectivity index (χ1) is 11.1. The highest BCUT2D eigenvalue weighted by Crippen LogP contribution is 2.24. The van der Waals surface area contributed by atoms with Crippen LogP contribution >= 0.6 is 11.9 Å². The zero-order chi connectivity index (χ0) is 16.2. The van der Waals surface area contributed by atoms with E-state index in [4.69, 9.17) is 4.52 Å². The minimum absolute atomic E-state index is 0.0190. The van der Waals surface area contributed by atoms with E-state index < -0.39 is 6.03 Å². The van der Waals surface area contributed by atoms with E-state index in [2.05, 4.69) is 15.2 Å². The number of Topliss-reactive ketones (excluding diaryl/α,β-unsaturated/α-hetero) is 1. The number of amides is 2. The standard InChI is InChI=1S/C16H13N3O3S/c1-10(20)11-6-8-12(9-7-11)17-16(21)19-23-15-13-4-2-3-5-14(13)22-18-15/h2-9H,1H3,(H2,17,19,21). The third kappa shape index (κ3) is 3.51. The number of anilines is 1. The summed E-state index contributed by atoms with van der Waals surface area (Å²) >= 11 is 1.07. The van der Waals surface area contributed by atoms with Crippen LogP contribution in [0.1, 0.15) is 17.3 Å². The highest BCUT2D eigenvalue weighted by molar-refractivity contribution is 7.98. The Morgan fingerprint density at radius 1 is 1.09 bits per heavy atom. The predicted octanol–water partition coefficient (Wildman–Crippen LogP) is 3.86. The highest BCUT2D eigenvalue weighted by Gasteiger charge is 2.10. The second-order valence-corrected chi connectivity index (χ2v) is 5.57. The molecule has 2 N–H and O–H groups in total. The number of fused-ring (bicyclic) bond motifs is 1. The van der Waals surface area contributed by atoms with Gasteiger partial charge < -0.3 is 9.84 Å². The number of rotatable bonds is 4. The number of nitrogens with one attached hydrogen (secondary N) is 2. The number of para-hydroxylation sites is 1. The number of carbonyl (C=O) groups is 2. The summed E-state index contributed by atoms with van der Waals surface area (Å²) in [5.41, 5.74) is 1.86. The Labute approximate surface area is 136 Å². The maximum Gasteiger partial charge on any atom is 0.329 e. The number of hydrogen-bond donors (Lipinski definition) is 2. The summed E-state index contributed by atoms with van der Waals surface area (Å²) in [4.78, 5) is 23.1. The number of hydrogen-bond acceptors (Lipinski definition) is 5. The van der Waals surface area contributed by atoms with Crippen molar-refractivity contribution in [3.8, 4) is 0 Å². The maximum atomic E-state index is 11.9. The molecule has 7 heteroatoms. The lowest BCUT2D eigenvalue weighted by atomic mass is 10.1. The van der Waals surface area contributed by atoms with Gasteiger partial charge in [0, 0.05) is 23.2 Å². The molecule has 2 amide bonds. The number of benzene rings is 2. The zero-order valence-corrected chi connectivity index (χ0v) is 13.0. The van der Waals surface area contributed by atoms with Gasteiger partial charge in [-0.05, 0) is 43.3 Å². The Hall–Kier alpha value is -2.80. The second-order valence-electron chi connectivity index (χ2n) is 4.78. The van der Waals surface area contributed by atoms with Crippen LogP contribution < -0.4 is 10.0 Å². The summed E-state index contributed by atoms with van der Waals surface area (Å²) in [6.07, 6.45) is 0. The van der Waals surface area contributed by atoms with Crippen molar-refractivity contribution in [2.75, 3.05) is 5.32 Å². The molecular weight excluding hydrogens is 314 g/mol. The van der Waals surface area contributed by atoms with Crippen molar-refractivity contribution in [2.45, 2.75) is 11.9 Å². The van der Waals surface area contributed by atoms with Crippen LogP contribution in [0.2, 0.25) is 0 Å². The van der Waals surface area contributed by atoms with Crippen molar-refractivity contribution in [2.24, 2.45) is 0 Å². The third-order valence-corrected chi connectivity index (χ3v) is 3.91. The normalized spacial score (nSPS) is 10.5. The molecule has 3 aromatic rings. The van der Waals surface area contributed by atoms with E-state index in [-0.39, 0.29) is 5.78 Å². The lowest BCUT2D eigenvalue weighted by Gasteiger charge is -2.06. The van der Waals surface area contributed by atoms with E-state index in [1.165, 1.54) is 6.92 Å². The first-order valence-electron chi connectivity index (χ1n) is 6.83. The molecule has 0 saturated heterocycles. The van der Waals surface area contributed by atoms with Crippen LogP contribution in [0.25, 0.3) is 11.0 Å². The van der Waals surface area contributed by atoms with Gasteiger partial charge in [-0.25, -0.2) is 4.79 Å². The molecule has 6 nitrogen and oxygen atoms in total. The molecule has 0 bridgehead atoms. The number of ketones is 1. The van der Waals surface area contributed by atoms with Crippen LogP contribution in [0.15, 0.2) is 58.1 Å². The van der Waals surface area contributed by atoms with Gasteiger partial charge in [-0.1, -0.05) is 17.3 Å². The molecule has 0 spiro atoms. The van der Waals surface area contributed by atoms with E-state index in [0.29, 0.717) is 21.9 Å². The highest BCUT2D eigenvalue weighted by atomic mass is 32.2. The average Bonchev–Trinajstić information content (AvgIpc) is 2.97. The molecule has 1 heterocycles. The van der Waals surface area contributed by atoms with Gasteiger partial charge in [0.25, 0.3) is 0 Å². The lowest BCUT2D eigenvalue weighted by molar-refractivity contribution is 0.101. The molecule has 0 aliphatic rings. The number of urea groups is 1. The summed E-state index contributed by atoms with van der Waals surface area (Å²) < 4.78 is 7.80.